The Hall–Kier alpha value is -12.0. The van der Waals surface area contributed by atoms with Crippen LogP contribution in [-0.2, 0) is 34.0 Å². The number of nitrogens with one attached hydrogen (secondary N) is 6. The Morgan fingerprint density at radius 2 is 0.632 bits per heavy atom. The molecule has 87 heavy (non-hydrogen) atoms. The van der Waals surface area contributed by atoms with E-state index >= 15 is 0 Å². The van der Waals surface area contributed by atoms with Crippen molar-refractivity contribution in [1.29, 1.82) is 0 Å². The summed E-state index contributed by atoms with van der Waals surface area (Å²) in [5, 5.41) is 16.2. The number of carbonyl (C=O) groups excluding carboxylic acids is 6. The second-order valence-corrected chi connectivity index (χ2v) is 18.7. The summed E-state index contributed by atoms with van der Waals surface area (Å²) >= 11 is 0. The highest BCUT2D eigenvalue weighted by Crippen LogP contribution is 2.23. The second-order valence-electron chi connectivity index (χ2n) is 18.7. The van der Waals surface area contributed by atoms with E-state index in [4.69, 9.17) is 17.2 Å². The maximum Gasteiger partial charge on any atom is 0.255 e. The van der Waals surface area contributed by atoms with Crippen LogP contribution >= 0.6 is 0 Å². The maximum absolute atomic E-state index is 13.1. The van der Waals surface area contributed by atoms with E-state index in [9.17, 15) is 41.9 Å². The van der Waals surface area contributed by atoms with Crippen LogP contribution in [0.15, 0.2) is 219 Å². The molecule has 6 aromatic carbocycles. The van der Waals surface area contributed by atoms with Gasteiger partial charge >= 0.3 is 0 Å². The molecule has 9 aromatic rings. The topological polar surface area (TPSA) is 291 Å². The number of nitrogens with zero attached hydrogens (tertiary/aromatic N) is 3. The summed E-state index contributed by atoms with van der Waals surface area (Å²) in [6, 6.07) is 42.5. The van der Waals surface area contributed by atoms with Crippen LogP contribution in [0.2, 0.25) is 0 Å². The van der Waals surface area contributed by atoms with Crippen molar-refractivity contribution in [2.75, 3.05) is 33.2 Å². The van der Waals surface area contributed by atoms with Crippen molar-refractivity contribution in [2.24, 2.45) is 0 Å². The van der Waals surface area contributed by atoms with Crippen molar-refractivity contribution in [2.45, 2.75) is 19.6 Å². The van der Waals surface area contributed by atoms with Gasteiger partial charge in [0.1, 0.15) is 17.5 Å². The Morgan fingerprint density at radius 1 is 0.368 bits per heavy atom. The van der Waals surface area contributed by atoms with Crippen LogP contribution in [0, 0.1) is 17.5 Å². The third-order valence-corrected chi connectivity index (χ3v) is 12.2. The average Bonchev–Trinajstić information content (AvgIpc) is 3.64. The van der Waals surface area contributed by atoms with E-state index in [1.54, 1.807) is 146 Å². The fourth-order valence-electron chi connectivity index (χ4n) is 7.53. The molecule has 3 heterocycles. The fraction of sp³-hybridized carbons (Fsp3) is 0.0455. The van der Waals surface area contributed by atoms with Crippen LogP contribution in [0.5, 0.6) is 0 Å². The van der Waals surface area contributed by atoms with E-state index in [0.29, 0.717) is 53.4 Å². The zero-order valence-corrected chi connectivity index (χ0v) is 46.3. The number of nitrogen functional groups attached to an aromatic ring is 3. The van der Waals surface area contributed by atoms with Crippen LogP contribution < -0.4 is 49.1 Å². The van der Waals surface area contributed by atoms with Gasteiger partial charge in [-0.2, -0.15) is 0 Å². The van der Waals surface area contributed by atoms with Gasteiger partial charge in [-0.05, 0) is 161 Å². The van der Waals surface area contributed by atoms with Gasteiger partial charge in [-0.15, -0.1) is 0 Å². The first kappa shape index (κ1) is 62.6. The third-order valence-electron chi connectivity index (χ3n) is 12.2. The molecule has 0 fully saturated rings. The zero-order valence-electron chi connectivity index (χ0n) is 46.3. The van der Waals surface area contributed by atoms with Gasteiger partial charge in [-0.3, -0.25) is 43.7 Å². The van der Waals surface area contributed by atoms with E-state index in [-0.39, 0.29) is 52.5 Å². The Kier molecular flexibility index (Phi) is 23.0. The van der Waals surface area contributed by atoms with Gasteiger partial charge in [0, 0.05) is 91.7 Å². The molecule has 438 valence electrons. The van der Waals surface area contributed by atoms with E-state index in [1.807, 2.05) is 18.2 Å². The lowest BCUT2D eigenvalue weighted by molar-refractivity contribution is -0.117. The first-order chi connectivity index (χ1) is 42.0. The highest BCUT2D eigenvalue weighted by Gasteiger charge is 2.13. The molecule has 21 heteroatoms. The smallest absolute Gasteiger partial charge is 0.255 e. The van der Waals surface area contributed by atoms with Gasteiger partial charge in [0.2, 0.25) is 17.7 Å². The Morgan fingerprint density at radius 3 is 0.862 bits per heavy atom. The standard InChI is InChI=1S/3C22H19FN4O2/c3*23-18-8-9-20(19(24)12-18)27-22(29)17-6-3-16(4-7-17)14-26-21(28)10-5-15-2-1-11-25-13-15/h3*1-13H,14,24H2,(H,26,28)(H,27,29)/b3*10-5+. The summed E-state index contributed by atoms with van der Waals surface area (Å²) in [6.07, 6.45) is 19.3. The highest BCUT2D eigenvalue weighted by atomic mass is 19.1. The van der Waals surface area contributed by atoms with Gasteiger partial charge in [0.25, 0.3) is 17.7 Å². The summed E-state index contributed by atoms with van der Waals surface area (Å²) in [4.78, 5) is 84.5. The van der Waals surface area contributed by atoms with Crippen molar-refractivity contribution < 1.29 is 41.9 Å². The number of anilines is 6. The summed E-state index contributed by atoms with van der Waals surface area (Å²) in [7, 11) is 0. The molecule has 0 aliphatic carbocycles. The van der Waals surface area contributed by atoms with Crippen LogP contribution in [0.4, 0.5) is 47.3 Å². The minimum Gasteiger partial charge on any atom is -0.397 e. The molecule has 0 aliphatic rings. The monoisotopic (exact) mass is 1170 g/mol. The van der Waals surface area contributed by atoms with Crippen LogP contribution in [-0.4, -0.2) is 50.4 Å². The predicted molar refractivity (Wildman–Crippen MR) is 331 cm³/mol. The first-order valence-corrected chi connectivity index (χ1v) is 26.5. The van der Waals surface area contributed by atoms with Gasteiger partial charge < -0.3 is 49.1 Å². The minimum absolute atomic E-state index is 0.150. The van der Waals surface area contributed by atoms with Gasteiger partial charge in [0.15, 0.2) is 0 Å². The molecule has 0 saturated heterocycles. The van der Waals surface area contributed by atoms with Gasteiger partial charge in [-0.25, -0.2) is 13.2 Å². The molecule has 12 N–H and O–H groups in total. The van der Waals surface area contributed by atoms with E-state index in [0.717, 1.165) is 51.6 Å². The fourth-order valence-corrected chi connectivity index (χ4v) is 7.53. The van der Waals surface area contributed by atoms with Gasteiger partial charge in [-0.1, -0.05) is 54.6 Å². The molecule has 0 aliphatic heterocycles. The molecule has 0 atom stereocenters. The number of pyridine rings is 3. The molecule has 9 rings (SSSR count). The Bertz CT molecular complexity index is 3510. The van der Waals surface area contributed by atoms with E-state index in [1.165, 1.54) is 54.6 Å². The number of hydrogen-bond donors (Lipinski definition) is 9. The average molecular weight is 1170 g/mol. The second kappa shape index (κ2) is 32.0. The molecule has 0 saturated carbocycles. The van der Waals surface area contributed by atoms with Crippen LogP contribution in [0.3, 0.4) is 0 Å². The first-order valence-electron chi connectivity index (χ1n) is 26.5. The summed E-state index contributed by atoms with van der Waals surface area (Å²) < 4.78 is 39.3. The van der Waals surface area contributed by atoms with Crippen molar-refractivity contribution in [3.63, 3.8) is 0 Å². The largest absolute Gasteiger partial charge is 0.397 e. The number of halogens is 3. The summed E-state index contributed by atoms with van der Waals surface area (Å²) in [5.41, 5.74) is 24.8. The van der Waals surface area contributed by atoms with Crippen LogP contribution in [0.25, 0.3) is 18.2 Å². The van der Waals surface area contributed by atoms with Crippen molar-refractivity contribution in [3.05, 3.63) is 287 Å². The number of rotatable bonds is 18. The SMILES string of the molecule is Nc1cc(F)ccc1NC(=O)c1ccc(CNC(=O)/C=C/c2cccnc2)cc1.Nc1cc(F)ccc1NC(=O)c1ccc(CNC(=O)/C=C/c2cccnc2)cc1.Nc1cc(F)ccc1NC(=O)c1ccc(CNC(=O)/C=C/c2cccnc2)cc1. The third kappa shape index (κ3) is 21.0. The number of carbonyl (C=O) groups is 6. The number of aromatic nitrogens is 3. The molecule has 6 amide bonds. The van der Waals surface area contributed by atoms with Crippen molar-refractivity contribution >= 4 is 87.8 Å². The minimum atomic E-state index is -0.470. The zero-order chi connectivity index (χ0) is 61.9. The molecule has 0 spiro atoms. The lowest BCUT2D eigenvalue weighted by Crippen LogP contribution is -2.20. The molecular weight excluding hydrogens is 1110 g/mol. The quantitative estimate of drug-likeness (QED) is 0.0286. The molecule has 18 nitrogen and oxygen atoms in total. The molecule has 0 radical (unpaired) electrons. The van der Waals surface area contributed by atoms with Gasteiger partial charge in [0.05, 0.1) is 34.1 Å². The van der Waals surface area contributed by atoms with Crippen molar-refractivity contribution in [3.8, 4) is 0 Å². The molecule has 3 aromatic heterocycles. The number of hydrogen-bond acceptors (Lipinski definition) is 12. The number of amides is 6. The molecule has 0 bridgehead atoms. The summed E-state index contributed by atoms with van der Waals surface area (Å²) in [5.74, 6) is -3.20. The molecule has 0 unspecified atom stereocenters. The summed E-state index contributed by atoms with van der Waals surface area (Å²) in [6.45, 7) is 0.967. The van der Waals surface area contributed by atoms with E-state index < -0.39 is 17.5 Å². The maximum atomic E-state index is 13.1. The predicted octanol–water partition coefficient (Wildman–Crippen LogP) is 10.2. The Balaban J connectivity index is 0.000000186. The Labute approximate surface area is 498 Å². The van der Waals surface area contributed by atoms with Crippen molar-refractivity contribution in [1.82, 2.24) is 30.9 Å². The lowest BCUT2D eigenvalue weighted by Gasteiger charge is -2.09. The highest BCUT2D eigenvalue weighted by molar-refractivity contribution is 6.07. The normalized spacial score (nSPS) is 10.7. The van der Waals surface area contributed by atoms with Crippen LogP contribution in [0.1, 0.15) is 64.5 Å². The van der Waals surface area contributed by atoms with E-state index in [2.05, 4.69) is 46.9 Å². The lowest BCUT2D eigenvalue weighted by atomic mass is 10.1. The number of nitrogens with two attached hydrogens (primary N) is 3. The molecular formula is C66H57F3N12O6. The number of benzene rings is 6.